The molecule has 0 aliphatic carbocycles. The molecule has 1 amide bonds. The third-order valence-electron chi connectivity index (χ3n) is 5.00. The van der Waals surface area contributed by atoms with E-state index in [1.54, 1.807) is 22.8 Å². The van der Waals surface area contributed by atoms with Crippen molar-refractivity contribution in [2.45, 2.75) is 13.5 Å². The second-order valence-electron chi connectivity index (χ2n) is 7.29. The standard InChI is InChI=1S/C25H22ClN3O/c1-18-12-14-19(15-13-18)24-22(17-29(27-24)21-9-4-3-5-10-21)25(30)28(2)16-20-8-6-7-11-23(20)26/h3-15,17H,16H2,1-2H3. The van der Waals surface area contributed by atoms with Gasteiger partial charge in [0.05, 0.1) is 11.3 Å². The predicted molar refractivity (Wildman–Crippen MR) is 121 cm³/mol. The molecule has 0 bridgehead atoms. The van der Waals surface area contributed by atoms with Crippen LogP contribution in [0, 0.1) is 6.92 Å². The quantitative estimate of drug-likeness (QED) is 0.414. The lowest BCUT2D eigenvalue weighted by atomic mass is 10.1. The van der Waals surface area contributed by atoms with Crippen molar-refractivity contribution in [2.75, 3.05) is 7.05 Å². The Kier molecular flexibility index (Phi) is 5.68. The summed E-state index contributed by atoms with van der Waals surface area (Å²) < 4.78 is 1.76. The van der Waals surface area contributed by atoms with Crippen LogP contribution in [0.3, 0.4) is 0 Å². The van der Waals surface area contributed by atoms with Gasteiger partial charge >= 0.3 is 0 Å². The molecule has 0 aliphatic heterocycles. The van der Waals surface area contributed by atoms with E-state index in [4.69, 9.17) is 16.7 Å². The lowest BCUT2D eigenvalue weighted by molar-refractivity contribution is 0.0786. The topological polar surface area (TPSA) is 38.1 Å². The summed E-state index contributed by atoms with van der Waals surface area (Å²) in [5.74, 6) is -0.104. The number of benzene rings is 3. The number of hydrogen-bond acceptors (Lipinski definition) is 2. The fourth-order valence-corrected chi connectivity index (χ4v) is 3.52. The first-order chi connectivity index (χ1) is 14.5. The minimum atomic E-state index is -0.104. The molecule has 0 N–H and O–H groups in total. The number of carbonyl (C=O) groups is 1. The van der Waals surface area contributed by atoms with Gasteiger partial charge in [-0.15, -0.1) is 0 Å². The number of carbonyl (C=O) groups excluding carboxylic acids is 1. The molecule has 4 nitrogen and oxygen atoms in total. The Morgan fingerprint density at radius 3 is 2.33 bits per heavy atom. The SMILES string of the molecule is Cc1ccc(-c2nn(-c3ccccc3)cc2C(=O)N(C)Cc2ccccc2Cl)cc1. The zero-order valence-electron chi connectivity index (χ0n) is 16.9. The maximum absolute atomic E-state index is 13.4. The molecule has 0 unspecified atom stereocenters. The molecule has 0 aliphatic rings. The largest absolute Gasteiger partial charge is 0.337 e. The lowest BCUT2D eigenvalue weighted by Crippen LogP contribution is -2.26. The van der Waals surface area contributed by atoms with Crippen LogP contribution >= 0.6 is 11.6 Å². The maximum atomic E-state index is 13.4. The summed E-state index contributed by atoms with van der Waals surface area (Å²) in [4.78, 5) is 15.1. The number of aromatic nitrogens is 2. The average Bonchev–Trinajstić information content (AvgIpc) is 3.21. The monoisotopic (exact) mass is 415 g/mol. The van der Waals surface area contributed by atoms with Gasteiger partial charge in [-0.25, -0.2) is 4.68 Å². The van der Waals surface area contributed by atoms with Crippen LogP contribution in [0.4, 0.5) is 0 Å². The highest BCUT2D eigenvalue weighted by molar-refractivity contribution is 6.31. The first-order valence-electron chi connectivity index (χ1n) is 9.74. The fourth-order valence-electron chi connectivity index (χ4n) is 3.33. The molecule has 0 fully saturated rings. The van der Waals surface area contributed by atoms with Crippen LogP contribution in [-0.4, -0.2) is 27.6 Å². The molecule has 150 valence electrons. The van der Waals surface area contributed by atoms with Crippen molar-refractivity contribution >= 4 is 17.5 Å². The van der Waals surface area contributed by atoms with Crippen LogP contribution in [-0.2, 0) is 6.54 Å². The van der Waals surface area contributed by atoms with E-state index in [0.717, 1.165) is 22.4 Å². The van der Waals surface area contributed by atoms with Crippen LogP contribution in [0.1, 0.15) is 21.5 Å². The van der Waals surface area contributed by atoms with Crippen molar-refractivity contribution < 1.29 is 4.79 Å². The van der Waals surface area contributed by atoms with E-state index < -0.39 is 0 Å². The molecule has 0 atom stereocenters. The Morgan fingerprint density at radius 2 is 1.63 bits per heavy atom. The van der Waals surface area contributed by atoms with Crippen molar-refractivity contribution in [1.29, 1.82) is 0 Å². The fraction of sp³-hybridized carbons (Fsp3) is 0.120. The van der Waals surface area contributed by atoms with Crippen molar-refractivity contribution in [2.24, 2.45) is 0 Å². The molecule has 0 saturated heterocycles. The number of halogens is 1. The summed E-state index contributed by atoms with van der Waals surface area (Å²) in [6.07, 6.45) is 1.80. The van der Waals surface area contributed by atoms with Crippen molar-refractivity contribution in [3.05, 3.63) is 107 Å². The Bertz CT molecular complexity index is 1170. The number of para-hydroxylation sites is 1. The van der Waals surface area contributed by atoms with Gasteiger partial charge in [-0.1, -0.05) is 77.8 Å². The van der Waals surface area contributed by atoms with E-state index in [0.29, 0.717) is 22.8 Å². The molecule has 4 rings (SSSR count). The summed E-state index contributed by atoms with van der Waals surface area (Å²) >= 11 is 6.29. The van der Waals surface area contributed by atoms with Gasteiger partial charge in [-0.05, 0) is 30.7 Å². The molecule has 4 aromatic rings. The number of hydrogen-bond donors (Lipinski definition) is 0. The molecule has 1 heterocycles. The summed E-state index contributed by atoms with van der Waals surface area (Å²) in [5.41, 5.74) is 5.09. The Hall–Kier alpha value is -3.37. The van der Waals surface area contributed by atoms with Gasteiger partial charge in [0.2, 0.25) is 0 Å². The second-order valence-corrected chi connectivity index (χ2v) is 7.70. The number of aryl methyl sites for hydroxylation is 1. The molecular weight excluding hydrogens is 394 g/mol. The van der Waals surface area contributed by atoms with E-state index in [2.05, 4.69) is 0 Å². The van der Waals surface area contributed by atoms with E-state index in [1.165, 1.54) is 0 Å². The smallest absolute Gasteiger partial charge is 0.257 e. The maximum Gasteiger partial charge on any atom is 0.257 e. The van der Waals surface area contributed by atoms with Gasteiger partial charge in [0.1, 0.15) is 5.69 Å². The highest BCUT2D eigenvalue weighted by Crippen LogP contribution is 2.26. The van der Waals surface area contributed by atoms with E-state index in [9.17, 15) is 4.79 Å². The third kappa shape index (κ3) is 4.14. The summed E-state index contributed by atoms with van der Waals surface area (Å²) in [6, 6.07) is 25.4. The molecule has 0 spiro atoms. The minimum absolute atomic E-state index is 0.104. The number of amides is 1. The highest BCUT2D eigenvalue weighted by Gasteiger charge is 2.22. The molecule has 1 aromatic heterocycles. The van der Waals surface area contributed by atoms with Crippen molar-refractivity contribution in [3.8, 4) is 16.9 Å². The lowest BCUT2D eigenvalue weighted by Gasteiger charge is -2.18. The van der Waals surface area contributed by atoms with Gasteiger partial charge < -0.3 is 4.90 Å². The van der Waals surface area contributed by atoms with Crippen LogP contribution in [0.25, 0.3) is 16.9 Å². The van der Waals surface area contributed by atoms with Gasteiger partial charge in [0.25, 0.3) is 5.91 Å². The average molecular weight is 416 g/mol. The molecule has 30 heavy (non-hydrogen) atoms. The van der Waals surface area contributed by atoms with Crippen LogP contribution in [0.2, 0.25) is 5.02 Å². The summed E-state index contributed by atoms with van der Waals surface area (Å²) in [7, 11) is 1.78. The number of nitrogens with zero attached hydrogens (tertiary/aromatic N) is 3. The second kappa shape index (κ2) is 8.56. The molecule has 0 radical (unpaired) electrons. The predicted octanol–water partition coefficient (Wildman–Crippen LogP) is 5.77. The third-order valence-corrected chi connectivity index (χ3v) is 5.37. The molecule has 3 aromatic carbocycles. The molecule has 0 saturated carbocycles. The van der Waals surface area contributed by atoms with Gasteiger partial charge in [0.15, 0.2) is 0 Å². The van der Waals surface area contributed by atoms with Gasteiger partial charge in [-0.2, -0.15) is 5.10 Å². The van der Waals surface area contributed by atoms with Crippen molar-refractivity contribution in [1.82, 2.24) is 14.7 Å². The van der Waals surface area contributed by atoms with Gasteiger partial charge in [-0.3, -0.25) is 4.79 Å². The highest BCUT2D eigenvalue weighted by atomic mass is 35.5. The van der Waals surface area contributed by atoms with E-state index in [1.807, 2.05) is 85.8 Å². The minimum Gasteiger partial charge on any atom is -0.337 e. The Balaban J connectivity index is 1.73. The van der Waals surface area contributed by atoms with E-state index >= 15 is 0 Å². The van der Waals surface area contributed by atoms with Crippen LogP contribution in [0.15, 0.2) is 85.1 Å². The Morgan fingerprint density at radius 1 is 0.967 bits per heavy atom. The summed E-state index contributed by atoms with van der Waals surface area (Å²) in [5, 5.41) is 5.40. The summed E-state index contributed by atoms with van der Waals surface area (Å²) in [6.45, 7) is 2.46. The first-order valence-corrected chi connectivity index (χ1v) is 10.1. The van der Waals surface area contributed by atoms with E-state index in [-0.39, 0.29) is 5.91 Å². The molecule has 5 heteroatoms. The first kappa shape index (κ1) is 19.9. The Labute approximate surface area is 181 Å². The van der Waals surface area contributed by atoms with Gasteiger partial charge in [0, 0.05) is 30.4 Å². The normalized spacial score (nSPS) is 10.8. The van der Waals surface area contributed by atoms with Crippen LogP contribution in [0.5, 0.6) is 0 Å². The zero-order valence-corrected chi connectivity index (χ0v) is 17.7. The van der Waals surface area contributed by atoms with Crippen molar-refractivity contribution in [3.63, 3.8) is 0 Å². The zero-order chi connectivity index (χ0) is 21.1. The van der Waals surface area contributed by atoms with Crippen LogP contribution < -0.4 is 0 Å². The molecular formula is C25H22ClN3O. The number of rotatable bonds is 5.